The molecule has 3 heteroatoms. The third kappa shape index (κ3) is 3.11. The minimum Gasteiger partial charge on any atom is -0.508 e. The largest absolute Gasteiger partial charge is 0.508 e. The van der Waals surface area contributed by atoms with Gasteiger partial charge in [-0.1, -0.05) is 29.8 Å². The molecule has 2 bridgehead atoms. The first-order valence-electron chi connectivity index (χ1n) is 8.47. The Bertz CT molecular complexity index is 697. The number of hydrogen-bond acceptors (Lipinski definition) is 2. The Labute approximate surface area is 142 Å². The van der Waals surface area contributed by atoms with Crippen molar-refractivity contribution in [3.05, 3.63) is 64.2 Å². The van der Waals surface area contributed by atoms with E-state index in [1.165, 1.54) is 29.5 Å². The molecule has 3 unspecified atom stereocenters. The first kappa shape index (κ1) is 15.0. The second-order valence-corrected chi connectivity index (χ2v) is 7.43. The van der Waals surface area contributed by atoms with E-state index in [1.807, 2.05) is 24.3 Å². The summed E-state index contributed by atoms with van der Waals surface area (Å²) >= 11 is 5.96. The second kappa shape index (κ2) is 6.18. The van der Waals surface area contributed by atoms with Crippen LogP contribution in [0.25, 0.3) is 0 Å². The number of phenols is 1. The predicted molar refractivity (Wildman–Crippen MR) is 93.8 cm³/mol. The lowest BCUT2D eigenvalue weighted by Gasteiger charge is -2.24. The molecule has 2 N–H and O–H groups in total. The summed E-state index contributed by atoms with van der Waals surface area (Å²) in [5.74, 6) is 1.78. The first-order chi connectivity index (χ1) is 11.2. The van der Waals surface area contributed by atoms with Crippen LogP contribution in [0.2, 0.25) is 5.02 Å². The van der Waals surface area contributed by atoms with Crippen molar-refractivity contribution in [2.24, 2.45) is 11.8 Å². The summed E-state index contributed by atoms with van der Waals surface area (Å²) in [5, 5.41) is 14.4. The molecule has 2 aromatic rings. The van der Waals surface area contributed by atoms with Gasteiger partial charge in [0, 0.05) is 17.6 Å². The lowest BCUT2D eigenvalue weighted by Crippen LogP contribution is -2.37. The minimum absolute atomic E-state index is 0.396. The number of halogens is 1. The minimum atomic E-state index is 0.396. The molecule has 2 nitrogen and oxygen atoms in total. The molecule has 3 atom stereocenters. The van der Waals surface area contributed by atoms with Crippen molar-refractivity contribution < 1.29 is 5.11 Å². The number of fused-ring (bicyclic) bond motifs is 3. The first-order valence-corrected chi connectivity index (χ1v) is 8.85. The van der Waals surface area contributed by atoms with Crippen LogP contribution < -0.4 is 5.32 Å². The van der Waals surface area contributed by atoms with Crippen LogP contribution in [0.4, 0.5) is 0 Å². The Balaban J connectivity index is 1.49. The highest BCUT2D eigenvalue weighted by Gasteiger charge is 2.38. The Kier molecular flexibility index (Phi) is 4.04. The van der Waals surface area contributed by atoms with E-state index in [9.17, 15) is 5.11 Å². The summed E-state index contributed by atoms with van der Waals surface area (Å²) in [6.07, 6.45) is 4.81. The van der Waals surface area contributed by atoms with E-state index in [-0.39, 0.29) is 0 Å². The monoisotopic (exact) mass is 327 g/mol. The molecule has 2 aliphatic rings. The molecule has 23 heavy (non-hydrogen) atoms. The average molecular weight is 328 g/mol. The van der Waals surface area contributed by atoms with E-state index in [2.05, 4.69) is 23.5 Å². The van der Waals surface area contributed by atoms with E-state index in [4.69, 9.17) is 11.6 Å². The molecular formula is C20H22ClNO. The molecule has 0 saturated heterocycles. The van der Waals surface area contributed by atoms with Gasteiger partial charge in [-0.15, -0.1) is 0 Å². The Morgan fingerprint density at radius 2 is 1.65 bits per heavy atom. The van der Waals surface area contributed by atoms with Crippen LogP contribution in [0.1, 0.15) is 29.5 Å². The van der Waals surface area contributed by atoms with Crippen LogP contribution in [0, 0.1) is 11.8 Å². The number of rotatable bonds is 3. The van der Waals surface area contributed by atoms with E-state index >= 15 is 0 Å². The van der Waals surface area contributed by atoms with Gasteiger partial charge in [-0.2, -0.15) is 0 Å². The molecule has 120 valence electrons. The molecule has 0 aromatic heterocycles. The Morgan fingerprint density at radius 1 is 0.957 bits per heavy atom. The fraction of sp³-hybridized carbons (Fsp3) is 0.400. The van der Waals surface area contributed by atoms with Crippen LogP contribution in [-0.4, -0.2) is 11.1 Å². The Hall–Kier alpha value is -1.51. The fourth-order valence-corrected chi connectivity index (χ4v) is 4.49. The highest BCUT2D eigenvalue weighted by atomic mass is 35.5. The van der Waals surface area contributed by atoms with Crippen molar-refractivity contribution in [1.29, 1.82) is 0 Å². The van der Waals surface area contributed by atoms with Crippen molar-refractivity contribution in [2.75, 3.05) is 0 Å². The van der Waals surface area contributed by atoms with Crippen LogP contribution in [0.5, 0.6) is 5.75 Å². The van der Waals surface area contributed by atoms with Crippen molar-refractivity contribution in [3.8, 4) is 5.75 Å². The molecule has 2 aromatic carbocycles. The van der Waals surface area contributed by atoms with E-state index in [1.54, 1.807) is 0 Å². The summed E-state index contributed by atoms with van der Waals surface area (Å²) in [5.41, 5.74) is 4.05. The van der Waals surface area contributed by atoms with Gasteiger partial charge in [0.05, 0.1) is 0 Å². The van der Waals surface area contributed by atoms with Crippen molar-refractivity contribution in [3.63, 3.8) is 0 Å². The smallest absolute Gasteiger partial charge is 0.115 e. The van der Waals surface area contributed by atoms with Crippen LogP contribution in [-0.2, 0) is 19.4 Å². The summed E-state index contributed by atoms with van der Waals surface area (Å²) in [7, 11) is 0. The molecule has 0 spiro atoms. The molecule has 1 fully saturated rings. The normalized spacial score (nSPS) is 25.9. The zero-order valence-corrected chi connectivity index (χ0v) is 13.9. The maximum Gasteiger partial charge on any atom is 0.115 e. The van der Waals surface area contributed by atoms with E-state index < -0.39 is 0 Å². The molecule has 0 radical (unpaired) electrons. The maximum absolute atomic E-state index is 9.76. The Morgan fingerprint density at radius 3 is 2.39 bits per heavy atom. The average Bonchev–Trinajstić information content (AvgIpc) is 2.82. The molecule has 0 amide bonds. The fourth-order valence-electron chi connectivity index (χ4n) is 4.37. The van der Waals surface area contributed by atoms with Gasteiger partial charge in [0.25, 0.3) is 0 Å². The SMILES string of the molecule is Oc1ccc2c(c1)CC1CCC(C2)C1NCc1ccc(Cl)cc1. The van der Waals surface area contributed by atoms with Gasteiger partial charge in [0.2, 0.25) is 0 Å². The van der Waals surface area contributed by atoms with Gasteiger partial charge in [-0.3, -0.25) is 0 Å². The summed E-state index contributed by atoms with van der Waals surface area (Å²) in [6, 6.07) is 14.6. The third-order valence-corrected chi connectivity index (χ3v) is 5.79. The maximum atomic E-state index is 9.76. The lowest BCUT2D eigenvalue weighted by atomic mass is 9.93. The highest BCUT2D eigenvalue weighted by Crippen LogP contribution is 2.40. The van der Waals surface area contributed by atoms with Crippen LogP contribution >= 0.6 is 11.6 Å². The molecule has 2 aliphatic carbocycles. The van der Waals surface area contributed by atoms with E-state index in [0.717, 1.165) is 24.4 Å². The summed E-state index contributed by atoms with van der Waals surface area (Å²) in [6.45, 7) is 0.899. The van der Waals surface area contributed by atoms with Crippen molar-refractivity contribution in [1.82, 2.24) is 5.32 Å². The molecular weight excluding hydrogens is 306 g/mol. The number of aromatic hydroxyl groups is 1. The highest BCUT2D eigenvalue weighted by molar-refractivity contribution is 6.30. The lowest BCUT2D eigenvalue weighted by molar-refractivity contribution is 0.340. The van der Waals surface area contributed by atoms with Crippen LogP contribution in [0.15, 0.2) is 42.5 Å². The number of phenolic OH excluding ortho intramolecular Hbond substituents is 1. The standard InChI is InChI=1S/C20H22ClNO/c21-18-6-1-13(2-7-18)12-22-20-15-3-4-16(20)10-17-11-19(23)8-5-14(17)9-15/h1-2,5-8,11,15-16,20,22-23H,3-4,9-10,12H2. The van der Waals surface area contributed by atoms with Gasteiger partial charge < -0.3 is 10.4 Å². The number of benzene rings is 2. The van der Waals surface area contributed by atoms with Crippen molar-refractivity contribution in [2.45, 2.75) is 38.3 Å². The number of hydrogen-bond donors (Lipinski definition) is 2. The van der Waals surface area contributed by atoms with Gasteiger partial charge in [0.1, 0.15) is 5.75 Å². The van der Waals surface area contributed by atoms with Gasteiger partial charge >= 0.3 is 0 Å². The van der Waals surface area contributed by atoms with Gasteiger partial charge in [-0.25, -0.2) is 0 Å². The molecule has 4 rings (SSSR count). The van der Waals surface area contributed by atoms with Gasteiger partial charge in [-0.05, 0) is 78.5 Å². The second-order valence-electron chi connectivity index (χ2n) is 6.99. The third-order valence-electron chi connectivity index (χ3n) is 5.53. The van der Waals surface area contributed by atoms with Gasteiger partial charge in [0.15, 0.2) is 0 Å². The summed E-state index contributed by atoms with van der Waals surface area (Å²) < 4.78 is 0. The summed E-state index contributed by atoms with van der Waals surface area (Å²) in [4.78, 5) is 0. The van der Waals surface area contributed by atoms with Crippen molar-refractivity contribution >= 4 is 11.6 Å². The topological polar surface area (TPSA) is 32.3 Å². The predicted octanol–water partition coefficient (Wildman–Crippen LogP) is 4.33. The quantitative estimate of drug-likeness (QED) is 0.879. The van der Waals surface area contributed by atoms with E-state index in [0.29, 0.717) is 23.6 Å². The van der Waals surface area contributed by atoms with Crippen LogP contribution in [0.3, 0.4) is 0 Å². The molecule has 0 aliphatic heterocycles. The molecule has 1 saturated carbocycles. The zero-order chi connectivity index (χ0) is 15.8. The molecule has 0 heterocycles. The zero-order valence-electron chi connectivity index (χ0n) is 13.1. The number of nitrogens with one attached hydrogen (secondary N) is 1.